The van der Waals surface area contributed by atoms with Crippen molar-refractivity contribution in [2.24, 2.45) is 0 Å². The number of nitriles is 1. The van der Waals surface area contributed by atoms with Crippen molar-refractivity contribution in [2.45, 2.75) is 6.42 Å². The zero-order valence-electron chi connectivity index (χ0n) is 8.52. The van der Waals surface area contributed by atoms with Crippen LogP contribution < -0.4 is 0 Å². The highest BCUT2D eigenvalue weighted by Crippen LogP contribution is 2.29. The Kier molecular flexibility index (Phi) is 3.19. The average molecular weight is 229 g/mol. The molecule has 3 heteroatoms. The van der Waals surface area contributed by atoms with Crippen LogP contribution in [0.3, 0.4) is 0 Å². The highest BCUT2D eigenvalue weighted by atomic mass is 35.5. The van der Waals surface area contributed by atoms with Crippen molar-refractivity contribution in [1.82, 2.24) is 4.98 Å². The maximum Gasteiger partial charge on any atom is 0.0790 e. The first-order valence-electron chi connectivity index (χ1n) is 4.88. The van der Waals surface area contributed by atoms with Crippen LogP contribution in [-0.2, 0) is 6.42 Å². The first-order chi connectivity index (χ1) is 7.83. The number of hydrogen-bond acceptors (Lipinski definition) is 2. The molecular weight excluding hydrogens is 220 g/mol. The third kappa shape index (κ3) is 2.05. The van der Waals surface area contributed by atoms with Crippen molar-refractivity contribution in [3.63, 3.8) is 0 Å². The van der Waals surface area contributed by atoms with E-state index in [0.29, 0.717) is 10.7 Å². The van der Waals surface area contributed by atoms with Crippen molar-refractivity contribution in [1.29, 1.82) is 5.26 Å². The molecule has 0 N–H and O–H groups in total. The van der Waals surface area contributed by atoms with E-state index >= 15 is 0 Å². The van der Waals surface area contributed by atoms with Crippen molar-refractivity contribution in [3.8, 4) is 17.2 Å². The Morgan fingerprint density at radius 2 is 1.94 bits per heavy atom. The lowest BCUT2D eigenvalue weighted by molar-refractivity contribution is 1.12. The average Bonchev–Trinajstić information content (AvgIpc) is 2.33. The predicted molar refractivity (Wildman–Crippen MR) is 64.0 cm³/mol. The molecule has 0 amide bonds. The Hall–Kier alpha value is -1.85. The van der Waals surface area contributed by atoms with Crippen molar-refractivity contribution >= 4 is 11.6 Å². The van der Waals surface area contributed by atoms with Crippen LogP contribution >= 0.6 is 11.6 Å². The minimum absolute atomic E-state index is 0.236. The van der Waals surface area contributed by atoms with Gasteiger partial charge in [0.25, 0.3) is 0 Å². The van der Waals surface area contributed by atoms with Crippen molar-refractivity contribution < 1.29 is 0 Å². The predicted octanol–water partition coefficient (Wildman–Crippen LogP) is 3.47. The molecule has 0 saturated carbocycles. The Labute approximate surface area is 99.1 Å². The summed E-state index contributed by atoms with van der Waals surface area (Å²) in [6, 6.07) is 13.7. The molecule has 0 atom stereocenters. The Morgan fingerprint density at radius 3 is 2.62 bits per heavy atom. The van der Waals surface area contributed by atoms with E-state index in [1.807, 2.05) is 36.4 Å². The summed E-state index contributed by atoms with van der Waals surface area (Å²) in [6.45, 7) is 0. The summed E-state index contributed by atoms with van der Waals surface area (Å²) in [6.07, 6.45) is 1.92. The number of hydrogen-bond donors (Lipinski definition) is 0. The van der Waals surface area contributed by atoms with Gasteiger partial charge < -0.3 is 0 Å². The SMILES string of the molecule is N#CCc1nccc(-c2ccccc2)c1Cl. The quantitative estimate of drug-likeness (QED) is 0.789. The molecule has 2 aromatic rings. The van der Waals surface area contributed by atoms with Gasteiger partial charge in [0, 0.05) is 11.8 Å². The molecular formula is C13H9ClN2. The van der Waals surface area contributed by atoms with E-state index in [4.69, 9.17) is 16.9 Å². The first-order valence-corrected chi connectivity index (χ1v) is 5.26. The molecule has 0 fully saturated rings. The second kappa shape index (κ2) is 4.78. The van der Waals surface area contributed by atoms with Gasteiger partial charge in [-0.2, -0.15) is 5.26 Å². The number of aromatic nitrogens is 1. The van der Waals surface area contributed by atoms with E-state index < -0.39 is 0 Å². The molecule has 0 bridgehead atoms. The van der Waals surface area contributed by atoms with Crippen LogP contribution in [0.15, 0.2) is 42.6 Å². The van der Waals surface area contributed by atoms with Crippen molar-refractivity contribution in [2.75, 3.05) is 0 Å². The van der Waals surface area contributed by atoms with E-state index in [2.05, 4.69) is 11.1 Å². The molecule has 0 aliphatic carbocycles. The molecule has 0 saturated heterocycles. The topological polar surface area (TPSA) is 36.7 Å². The van der Waals surface area contributed by atoms with Gasteiger partial charge in [0.15, 0.2) is 0 Å². The second-order valence-corrected chi connectivity index (χ2v) is 3.70. The molecule has 2 rings (SSSR count). The summed E-state index contributed by atoms with van der Waals surface area (Å²) in [7, 11) is 0. The van der Waals surface area contributed by atoms with Crippen LogP contribution in [0.4, 0.5) is 0 Å². The Balaban J connectivity index is 2.51. The Bertz CT molecular complexity index is 529. The molecule has 0 radical (unpaired) electrons. The van der Waals surface area contributed by atoms with Gasteiger partial charge in [-0.1, -0.05) is 41.9 Å². The summed E-state index contributed by atoms with van der Waals surface area (Å²) in [5.74, 6) is 0. The van der Waals surface area contributed by atoms with Gasteiger partial charge in [0.2, 0.25) is 0 Å². The fourth-order valence-corrected chi connectivity index (χ4v) is 1.81. The van der Waals surface area contributed by atoms with Gasteiger partial charge in [-0.3, -0.25) is 4.98 Å². The minimum Gasteiger partial charge on any atom is -0.259 e. The van der Waals surface area contributed by atoms with Gasteiger partial charge in [-0.05, 0) is 11.6 Å². The lowest BCUT2D eigenvalue weighted by Crippen LogP contribution is -1.91. The summed E-state index contributed by atoms with van der Waals surface area (Å²) < 4.78 is 0. The van der Waals surface area contributed by atoms with Crippen molar-refractivity contribution in [3.05, 3.63) is 53.3 Å². The highest BCUT2D eigenvalue weighted by molar-refractivity contribution is 6.34. The van der Waals surface area contributed by atoms with Crippen LogP contribution in [0.1, 0.15) is 5.69 Å². The number of halogens is 1. The van der Waals surface area contributed by atoms with Gasteiger partial charge in [0.05, 0.1) is 23.2 Å². The third-order valence-corrected chi connectivity index (χ3v) is 2.71. The molecule has 78 valence electrons. The molecule has 0 aliphatic rings. The smallest absolute Gasteiger partial charge is 0.0790 e. The molecule has 1 heterocycles. The standard InChI is InChI=1S/C13H9ClN2/c14-13-11(10-4-2-1-3-5-10)7-9-16-12(13)6-8-15/h1-5,7,9H,6H2. The first kappa shape index (κ1) is 10.7. The molecule has 0 spiro atoms. The lowest BCUT2D eigenvalue weighted by atomic mass is 10.1. The maximum atomic E-state index is 8.66. The molecule has 0 aliphatic heterocycles. The fourth-order valence-electron chi connectivity index (χ4n) is 1.53. The zero-order valence-corrected chi connectivity index (χ0v) is 9.28. The highest BCUT2D eigenvalue weighted by Gasteiger charge is 2.08. The van der Waals surface area contributed by atoms with Crippen LogP contribution in [0.25, 0.3) is 11.1 Å². The number of benzene rings is 1. The monoisotopic (exact) mass is 228 g/mol. The van der Waals surface area contributed by atoms with Gasteiger partial charge in [-0.15, -0.1) is 0 Å². The third-order valence-electron chi connectivity index (χ3n) is 2.29. The van der Waals surface area contributed by atoms with E-state index in [1.165, 1.54) is 0 Å². The second-order valence-electron chi connectivity index (χ2n) is 3.32. The van der Waals surface area contributed by atoms with E-state index in [1.54, 1.807) is 6.20 Å². The van der Waals surface area contributed by atoms with E-state index in [-0.39, 0.29) is 6.42 Å². The van der Waals surface area contributed by atoms with Crippen LogP contribution in [0.5, 0.6) is 0 Å². The zero-order chi connectivity index (χ0) is 11.4. The summed E-state index contributed by atoms with van der Waals surface area (Å²) in [4.78, 5) is 4.10. The van der Waals surface area contributed by atoms with E-state index in [9.17, 15) is 0 Å². The summed E-state index contributed by atoms with van der Waals surface area (Å²) in [5, 5.41) is 9.22. The molecule has 2 nitrogen and oxygen atoms in total. The lowest BCUT2D eigenvalue weighted by Gasteiger charge is -2.06. The molecule has 0 unspecified atom stereocenters. The fraction of sp³-hybridized carbons (Fsp3) is 0.0769. The molecule has 1 aromatic heterocycles. The number of nitrogens with zero attached hydrogens (tertiary/aromatic N) is 2. The van der Waals surface area contributed by atoms with Crippen LogP contribution in [0.2, 0.25) is 5.02 Å². The normalized spacial score (nSPS) is 9.75. The number of pyridine rings is 1. The summed E-state index contributed by atoms with van der Waals surface area (Å²) >= 11 is 6.21. The molecule has 1 aromatic carbocycles. The molecule has 16 heavy (non-hydrogen) atoms. The minimum atomic E-state index is 0.236. The maximum absolute atomic E-state index is 8.66. The van der Waals surface area contributed by atoms with Gasteiger partial charge >= 0.3 is 0 Å². The largest absolute Gasteiger partial charge is 0.259 e. The number of rotatable bonds is 2. The Morgan fingerprint density at radius 1 is 1.19 bits per heavy atom. The summed E-state index contributed by atoms with van der Waals surface area (Å²) in [5.41, 5.74) is 2.59. The van der Waals surface area contributed by atoms with E-state index in [0.717, 1.165) is 11.1 Å². The van der Waals surface area contributed by atoms with Gasteiger partial charge in [-0.25, -0.2) is 0 Å². The van der Waals surface area contributed by atoms with Gasteiger partial charge in [0.1, 0.15) is 0 Å². The van der Waals surface area contributed by atoms with Crippen LogP contribution in [-0.4, -0.2) is 4.98 Å². The van der Waals surface area contributed by atoms with Crippen LogP contribution in [0, 0.1) is 11.3 Å².